The van der Waals surface area contributed by atoms with Crippen LogP contribution >= 0.6 is 0 Å². The van der Waals surface area contributed by atoms with Crippen molar-refractivity contribution in [2.24, 2.45) is 4.99 Å². The monoisotopic (exact) mass is 408 g/mol. The number of methoxy groups -OCH3 is 1. The van der Waals surface area contributed by atoms with Crippen molar-refractivity contribution >= 4 is 16.9 Å². The first-order chi connectivity index (χ1) is 14.5. The summed E-state index contributed by atoms with van der Waals surface area (Å²) in [4.78, 5) is 15.6. The summed E-state index contributed by atoms with van der Waals surface area (Å²) >= 11 is 0. The van der Waals surface area contributed by atoms with E-state index in [0.29, 0.717) is 13.0 Å². The van der Waals surface area contributed by atoms with Crippen LogP contribution in [0, 0.1) is 6.92 Å². The van der Waals surface area contributed by atoms with E-state index < -0.39 is 12.0 Å². The lowest BCUT2D eigenvalue weighted by Gasteiger charge is -2.08. The van der Waals surface area contributed by atoms with Crippen LogP contribution in [0.4, 0.5) is 0 Å². The number of hydrogen-bond donors (Lipinski definition) is 1. The molecule has 3 N–H and O–H groups in total. The van der Waals surface area contributed by atoms with Crippen molar-refractivity contribution in [3.63, 3.8) is 0 Å². The second-order valence-electron chi connectivity index (χ2n) is 7.47. The van der Waals surface area contributed by atoms with Gasteiger partial charge in [-0.05, 0) is 56.2 Å². The largest absolute Gasteiger partial charge is 0.544 e. The van der Waals surface area contributed by atoms with Gasteiger partial charge in [0.1, 0.15) is 23.1 Å². The Hall–Kier alpha value is -3.12. The summed E-state index contributed by atoms with van der Waals surface area (Å²) in [6.07, 6.45) is 3.13. The molecule has 6 heteroatoms. The first-order valence-corrected chi connectivity index (χ1v) is 10.2. The van der Waals surface area contributed by atoms with Gasteiger partial charge >= 0.3 is 0 Å². The zero-order valence-electron chi connectivity index (χ0n) is 17.5. The van der Waals surface area contributed by atoms with E-state index in [1.54, 1.807) is 7.11 Å². The molecule has 0 aliphatic rings. The summed E-state index contributed by atoms with van der Waals surface area (Å²) in [5, 5.41) is 12.6. The zero-order valence-corrected chi connectivity index (χ0v) is 17.5. The lowest BCUT2D eigenvalue weighted by Crippen LogP contribution is -2.68. The van der Waals surface area contributed by atoms with Crippen LogP contribution < -0.4 is 20.9 Å². The van der Waals surface area contributed by atoms with E-state index in [-0.39, 0.29) is 0 Å². The molecule has 1 heterocycles. The minimum absolute atomic E-state index is 0.538. The van der Waals surface area contributed by atoms with E-state index in [4.69, 9.17) is 14.1 Å². The maximum Gasteiger partial charge on any atom is 0.136 e. The number of benzene rings is 2. The number of quaternary nitrogens is 1. The number of nitrogens with zero attached hydrogens (tertiary/aromatic N) is 1. The highest BCUT2D eigenvalue weighted by atomic mass is 16.5. The van der Waals surface area contributed by atoms with Crippen LogP contribution in [0.25, 0.3) is 22.3 Å². The third-order valence-corrected chi connectivity index (χ3v) is 5.10. The first kappa shape index (κ1) is 21.6. The molecule has 30 heavy (non-hydrogen) atoms. The Morgan fingerprint density at radius 1 is 1.13 bits per heavy atom. The van der Waals surface area contributed by atoms with E-state index in [2.05, 4.69) is 11.8 Å². The van der Waals surface area contributed by atoms with Crippen molar-refractivity contribution in [2.75, 3.05) is 13.7 Å². The number of hydrogen-bond acceptors (Lipinski definition) is 5. The number of fused-ring (bicyclic) bond motifs is 1. The Bertz CT molecular complexity index is 1070. The summed E-state index contributed by atoms with van der Waals surface area (Å²) in [5.41, 5.74) is 6.49. The topological polar surface area (TPSA) is 103 Å². The molecule has 0 aliphatic carbocycles. The average molecular weight is 408 g/mol. The molecule has 1 atom stereocenters. The molecule has 0 saturated heterocycles. The van der Waals surface area contributed by atoms with Crippen LogP contribution in [0.2, 0.25) is 0 Å². The molecule has 6 nitrogen and oxygen atoms in total. The van der Waals surface area contributed by atoms with Crippen molar-refractivity contribution in [1.29, 1.82) is 0 Å². The normalized spacial score (nSPS) is 12.8. The van der Waals surface area contributed by atoms with E-state index in [1.807, 2.05) is 49.4 Å². The van der Waals surface area contributed by atoms with Gasteiger partial charge < -0.3 is 24.8 Å². The molecule has 0 aliphatic heterocycles. The fourth-order valence-corrected chi connectivity index (χ4v) is 3.31. The molecule has 0 unspecified atom stereocenters. The van der Waals surface area contributed by atoms with Crippen LogP contribution in [0.5, 0.6) is 5.75 Å². The second kappa shape index (κ2) is 10.1. The predicted molar refractivity (Wildman–Crippen MR) is 114 cm³/mol. The lowest BCUT2D eigenvalue weighted by molar-refractivity contribution is -0.438. The quantitative estimate of drug-likeness (QED) is 0.549. The van der Waals surface area contributed by atoms with Crippen molar-refractivity contribution in [2.45, 2.75) is 38.6 Å². The van der Waals surface area contributed by atoms with Crippen molar-refractivity contribution in [1.82, 2.24) is 0 Å². The molecular weight excluding hydrogens is 380 g/mol. The van der Waals surface area contributed by atoms with Gasteiger partial charge in [-0.1, -0.05) is 18.1 Å². The average Bonchev–Trinajstić information content (AvgIpc) is 2.75. The number of unbranched alkanes of at least 4 members (excludes halogenated alkanes) is 2. The summed E-state index contributed by atoms with van der Waals surface area (Å²) in [5.74, 6) is 0.463. The van der Waals surface area contributed by atoms with Crippen molar-refractivity contribution in [3.05, 3.63) is 59.5 Å². The predicted octanol–water partition coefficient (Wildman–Crippen LogP) is 2.24. The number of aryl methyl sites for hydroxylation is 1. The van der Waals surface area contributed by atoms with Crippen LogP contribution in [0.3, 0.4) is 0 Å². The minimum Gasteiger partial charge on any atom is -0.544 e. The van der Waals surface area contributed by atoms with Crippen molar-refractivity contribution < 1.29 is 24.8 Å². The Morgan fingerprint density at radius 2 is 1.90 bits per heavy atom. The van der Waals surface area contributed by atoms with Gasteiger partial charge in [-0.2, -0.15) is 0 Å². The highest BCUT2D eigenvalue weighted by molar-refractivity contribution is 5.79. The van der Waals surface area contributed by atoms with Crippen LogP contribution in [0.1, 0.15) is 31.2 Å². The molecule has 1 aromatic heterocycles. The third kappa shape index (κ3) is 5.48. The van der Waals surface area contributed by atoms with E-state index >= 15 is 0 Å². The Labute approximate surface area is 176 Å². The maximum absolute atomic E-state index is 10.7. The number of carbonyl (C=O) groups is 1. The summed E-state index contributed by atoms with van der Waals surface area (Å²) in [6.45, 7) is 2.72. The van der Waals surface area contributed by atoms with Gasteiger partial charge in [0.25, 0.3) is 0 Å². The summed E-state index contributed by atoms with van der Waals surface area (Å²) in [7, 11) is 1.64. The Kier molecular flexibility index (Phi) is 7.25. The molecule has 0 radical (unpaired) electrons. The SMILES string of the molecule is COc1ccc(-c2cc(=NCCCCC[C@@H]([NH3+])C(=O)[O-])c3cc(C)ccc3o2)cc1. The molecule has 158 valence electrons. The first-order valence-electron chi connectivity index (χ1n) is 10.2. The van der Waals surface area contributed by atoms with Gasteiger partial charge in [0.05, 0.1) is 18.4 Å². The molecule has 3 rings (SSSR count). The van der Waals surface area contributed by atoms with Crippen LogP contribution in [0.15, 0.2) is 57.9 Å². The fourth-order valence-electron chi connectivity index (χ4n) is 3.31. The number of carboxylic acids is 1. The van der Waals surface area contributed by atoms with Gasteiger partial charge in [-0.15, -0.1) is 0 Å². The van der Waals surface area contributed by atoms with Crippen LogP contribution in [-0.2, 0) is 4.79 Å². The Balaban J connectivity index is 1.81. The van der Waals surface area contributed by atoms with E-state index in [1.165, 1.54) is 0 Å². The van der Waals surface area contributed by atoms with E-state index in [0.717, 1.165) is 58.2 Å². The van der Waals surface area contributed by atoms with Crippen LogP contribution in [-0.4, -0.2) is 25.7 Å². The number of ether oxygens (including phenoxy) is 1. The molecule has 0 amide bonds. The van der Waals surface area contributed by atoms with E-state index in [9.17, 15) is 9.90 Å². The van der Waals surface area contributed by atoms with Gasteiger partial charge in [-0.25, -0.2) is 0 Å². The number of carboxylic acid groups (broad SMARTS) is 1. The van der Waals surface area contributed by atoms with Gasteiger partial charge in [0, 0.05) is 30.0 Å². The number of aliphatic carboxylic acids is 1. The van der Waals surface area contributed by atoms with Gasteiger partial charge in [0.15, 0.2) is 0 Å². The minimum atomic E-state index is -1.08. The molecule has 0 fully saturated rings. The highest BCUT2D eigenvalue weighted by Crippen LogP contribution is 2.24. The fraction of sp³-hybridized carbons (Fsp3) is 0.333. The third-order valence-electron chi connectivity index (χ3n) is 5.10. The standard InChI is InChI=1S/C24H28N2O4/c1-16-7-12-22-19(14-16)21(26-13-5-3-4-6-20(25)24(27)28)15-23(30-22)17-8-10-18(29-2)11-9-17/h7-12,14-15,20H,3-6,13,25H2,1-2H3,(H,27,28)/t20-/m1/s1. The van der Waals surface area contributed by atoms with Gasteiger partial charge in [0.2, 0.25) is 0 Å². The lowest BCUT2D eigenvalue weighted by atomic mass is 10.1. The maximum atomic E-state index is 10.7. The number of rotatable bonds is 9. The molecule has 3 aromatic rings. The molecule has 2 aromatic carbocycles. The summed E-state index contributed by atoms with van der Waals surface area (Å²) in [6, 6.07) is 15.2. The molecule has 0 spiro atoms. The summed E-state index contributed by atoms with van der Waals surface area (Å²) < 4.78 is 11.4. The van der Waals surface area contributed by atoms with Gasteiger partial charge in [-0.3, -0.25) is 4.99 Å². The number of carbonyl (C=O) groups excluding carboxylic acids is 1. The Morgan fingerprint density at radius 3 is 2.60 bits per heavy atom. The molecule has 0 saturated carbocycles. The smallest absolute Gasteiger partial charge is 0.136 e. The second-order valence-corrected chi connectivity index (χ2v) is 7.47. The van der Waals surface area contributed by atoms with Crippen molar-refractivity contribution in [3.8, 4) is 17.1 Å². The molecule has 0 bridgehead atoms. The zero-order chi connectivity index (χ0) is 21.5. The highest BCUT2D eigenvalue weighted by Gasteiger charge is 2.08. The molecular formula is C24H28N2O4.